The lowest BCUT2D eigenvalue weighted by molar-refractivity contribution is -0.125. The van der Waals surface area contributed by atoms with Crippen LogP contribution in [0.1, 0.15) is 25.3 Å². The fourth-order valence-electron chi connectivity index (χ4n) is 2.61. The third-order valence-corrected chi connectivity index (χ3v) is 3.80. The van der Waals surface area contributed by atoms with E-state index in [9.17, 15) is 14.0 Å². The number of piperidine rings is 1. The van der Waals surface area contributed by atoms with E-state index in [-0.39, 0.29) is 30.2 Å². The van der Waals surface area contributed by atoms with Gasteiger partial charge in [0.2, 0.25) is 11.8 Å². The molecule has 0 bridgehead atoms. The minimum absolute atomic E-state index is 0.00204. The predicted molar refractivity (Wildman–Crippen MR) is 83.2 cm³/mol. The van der Waals surface area contributed by atoms with Gasteiger partial charge in [-0.2, -0.15) is 0 Å². The summed E-state index contributed by atoms with van der Waals surface area (Å²) in [5, 5.41) is 5.37. The van der Waals surface area contributed by atoms with Gasteiger partial charge in [0.05, 0.1) is 12.2 Å². The Bertz CT molecular complexity index is 554. The molecule has 120 valence electrons. The molecule has 0 radical (unpaired) electrons. The fraction of sp³-hybridized carbons (Fsp3) is 0.500. The zero-order valence-corrected chi connectivity index (χ0v) is 13.0. The molecular formula is C16H22FN3O2. The highest BCUT2D eigenvalue weighted by Gasteiger charge is 2.22. The van der Waals surface area contributed by atoms with E-state index in [0.29, 0.717) is 18.8 Å². The number of anilines is 1. The van der Waals surface area contributed by atoms with E-state index in [1.807, 2.05) is 17.9 Å². The van der Waals surface area contributed by atoms with Crippen LogP contribution in [0.5, 0.6) is 0 Å². The van der Waals surface area contributed by atoms with Gasteiger partial charge in [-0.15, -0.1) is 0 Å². The molecule has 2 amide bonds. The van der Waals surface area contributed by atoms with Crippen LogP contribution in [-0.4, -0.2) is 37.5 Å². The van der Waals surface area contributed by atoms with Crippen molar-refractivity contribution in [1.82, 2.24) is 10.6 Å². The van der Waals surface area contributed by atoms with Gasteiger partial charge < -0.3 is 15.5 Å². The summed E-state index contributed by atoms with van der Waals surface area (Å²) < 4.78 is 13.9. The number of amides is 2. The summed E-state index contributed by atoms with van der Waals surface area (Å²) in [6.45, 7) is 4.72. The average molecular weight is 307 g/mol. The SMILES string of the molecule is CC(=O)NCC(=O)NC1CCN(c2cc(C)ccc2F)CC1. The minimum atomic E-state index is -0.222. The molecule has 2 rings (SSSR count). The Kier molecular flexibility index (Phi) is 5.35. The molecule has 1 heterocycles. The first-order valence-corrected chi connectivity index (χ1v) is 7.50. The van der Waals surface area contributed by atoms with Gasteiger partial charge in [-0.1, -0.05) is 6.07 Å². The topological polar surface area (TPSA) is 61.4 Å². The monoisotopic (exact) mass is 307 g/mol. The van der Waals surface area contributed by atoms with Gasteiger partial charge in [-0.25, -0.2) is 4.39 Å². The summed E-state index contributed by atoms with van der Waals surface area (Å²) >= 11 is 0. The Morgan fingerprint density at radius 2 is 2.00 bits per heavy atom. The van der Waals surface area contributed by atoms with Crippen molar-refractivity contribution in [3.63, 3.8) is 0 Å². The third kappa shape index (κ3) is 4.44. The Hall–Kier alpha value is -2.11. The van der Waals surface area contributed by atoms with E-state index in [4.69, 9.17) is 0 Å². The third-order valence-electron chi connectivity index (χ3n) is 3.80. The second-order valence-corrected chi connectivity index (χ2v) is 5.69. The van der Waals surface area contributed by atoms with Gasteiger partial charge in [-0.05, 0) is 37.5 Å². The number of carbonyl (C=O) groups excluding carboxylic acids is 2. The zero-order chi connectivity index (χ0) is 16.1. The molecule has 1 saturated heterocycles. The van der Waals surface area contributed by atoms with Crippen LogP contribution in [-0.2, 0) is 9.59 Å². The maximum Gasteiger partial charge on any atom is 0.239 e. The van der Waals surface area contributed by atoms with Gasteiger partial charge in [0.25, 0.3) is 0 Å². The first kappa shape index (κ1) is 16.3. The molecule has 0 saturated carbocycles. The van der Waals surface area contributed by atoms with Gasteiger partial charge in [0.1, 0.15) is 5.82 Å². The van der Waals surface area contributed by atoms with Crippen LogP contribution in [0.3, 0.4) is 0 Å². The van der Waals surface area contributed by atoms with Gasteiger partial charge in [0, 0.05) is 26.1 Å². The van der Waals surface area contributed by atoms with Crippen molar-refractivity contribution in [3.8, 4) is 0 Å². The van der Waals surface area contributed by atoms with E-state index in [0.717, 1.165) is 18.4 Å². The van der Waals surface area contributed by atoms with Gasteiger partial charge >= 0.3 is 0 Å². The molecule has 1 aromatic rings. The van der Waals surface area contributed by atoms with Crippen molar-refractivity contribution in [2.45, 2.75) is 32.7 Å². The number of nitrogens with one attached hydrogen (secondary N) is 2. The first-order chi connectivity index (χ1) is 10.5. The van der Waals surface area contributed by atoms with Crippen molar-refractivity contribution in [1.29, 1.82) is 0 Å². The van der Waals surface area contributed by atoms with E-state index in [1.54, 1.807) is 6.07 Å². The molecule has 1 aliphatic heterocycles. The average Bonchev–Trinajstić information content (AvgIpc) is 2.48. The number of hydrogen-bond donors (Lipinski definition) is 2. The lowest BCUT2D eigenvalue weighted by Gasteiger charge is -2.34. The summed E-state index contributed by atoms with van der Waals surface area (Å²) in [5.41, 5.74) is 1.66. The molecule has 0 aliphatic carbocycles. The number of benzene rings is 1. The van der Waals surface area contributed by atoms with Crippen LogP contribution in [0.15, 0.2) is 18.2 Å². The largest absolute Gasteiger partial charge is 0.369 e. The smallest absolute Gasteiger partial charge is 0.239 e. The molecule has 0 aromatic heterocycles. The summed E-state index contributed by atoms with van der Waals surface area (Å²) in [5.74, 6) is -0.617. The highest BCUT2D eigenvalue weighted by molar-refractivity contribution is 5.83. The van der Waals surface area contributed by atoms with Crippen molar-refractivity contribution < 1.29 is 14.0 Å². The zero-order valence-electron chi connectivity index (χ0n) is 13.0. The summed E-state index contributed by atoms with van der Waals surface area (Å²) in [6, 6.07) is 5.18. The van der Waals surface area contributed by atoms with Crippen molar-refractivity contribution in [2.24, 2.45) is 0 Å². The summed E-state index contributed by atoms with van der Waals surface area (Å²) in [6.07, 6.45) is 1.53. The van der Waals surface area contributed by atoms with E-state index in [1.165, 1.54) is 13.0 Å². The molecule has 0 spiro atoms. The maximum absolute atomic E-state index is 13.9. The number of carbonyl (C=O) groups is 2. The lowest BCUT2D eigenvalue weighted by Crippen LogP contribution is -2.47. The van der Waals surface area contributed by atoms with E-state index >= 15 is 0 Å². The molecular weight excluding hydrogens is 285 g/mol. The Morgan fingerprint density at radius 3 is 2.64 bits per heavy atom. The molecule has 2 N–H and O–H groups in total. The normalized spacial score (nSPS) is 15.5. The van der Waals surface area contributed by atoms with E-state index in [2.05, 4.69) is 10.6 Å². The lowest BCUT2D eigenvalue weighted by atomic mass is 10.0. The highest BCUT2D eigenvalue weighted by Crippen LogP contribution is 2.24. The Morgan fingerprint density at radius 1 is 1.32 bits per heavy atom. The van der Waals surface area contributed by atoms with Crippen molar-refractivity contribution in [3.05, 3.63) is 29.6 Å². The molecule has 22 heavy (non-hydrogen) atoms. The van der Waals surface area contributed by atoms with Crippen molar-refractivity contribution in [2.75, 3.05) is 24.5 Å². The molecule has 6 heteroatoms. The maximum atomic E-state index is 13.9. The fourth-order valence-corrected chi connectivity index (χ4v) is 2.61. The number of hydrogen-bond acceptors (Lipinski definition) is 3. The van der Waals surface area contributed by atoms with Crippen LogP contribution in [0.25, 0.3) is 0 Å². The summed E-state index contributed by atoms with van der Waals surface area (Å²) in [7, 11) is 0. The second-order valence-electron chi connectivity index (χ2n) is 5.69. The molecule has 1 aromatic carbocycles. The van der Waals surface area contributed by atoms with Crippen LogP contribution in [0.4, 0.5) is 10.1 Å². The van der Waals surface area contributed by atoms with Crippen molar-refractivity contribution >= 4 is 17.5 Å². The molecule has 1 aliphatic rings. The van der Waals surface area contributed by atoms with Gasteiger partial charge in [-0.3, -0.25) is 9.59 Å². The standard InChI is InChI=1S/C16H22FN3O2/c1-11-3-4-14(17)15(9-11)20-7-5-13(6-8-20)19-16(22)10-18-12(2)21/h3-4,9,13H,5-8,10H2,1-2H3,(H,18,21)(H,19,22). The quantitative estimate of drug-likeness (QED) is 0.883. The van der Waals surface area contributed by atoms with Crippen LogP contribution < -0.4 is 15.5 Å². The number of aryl methyl sites for hydroxylation is 1. The molecule has 0 unspecified atom stereocenters. The first-order valence-electron chi connectivity index (χ1n) is 7.50. The minimum Gasteiger partial charge on any atom is -0.369 e. The summed E-state index contributed by atoms with van der Waals surface area (Å²) in [4.78, 5) is 24.4. The molecule has 5 nitrogen and oxygen atoms in total. The highest BCUT2D eigenvalue weighted by atomic mass is 19.1. The molecule has 1 fully saturated rings. The van der Waals surface area contributed by atoms with E-state index < -0.39 is 0 Å². The second kappa shape index (κ2) is 7.24. The Labute approximate surface area is 129 Å². The van der Waals surface area contributed by atoms with Gasteiger partial charge in [0.15, 0.2) is 0 Å². The van der Waals surface area contributed by atoms with Crippen LogP contribution in [0.2, 0.25) is 0 Å². The number of rotatable bonds is 4. The number of halogens is 1. The van der Waals surface area contributed by atoms with Crippen LogP contribution in [0, 0.1) is 12.7 Å². The predicted octanol–water partition coefficient (Wildman–Crippen LogP) is 1.36. The molecule has 0 atom stereocenters. The van der Waals surface area contributed by atoms with Crippen LogP contribution >= 0.6 is 0 Å². The number of nitrogens with zero attached hydrogens (tertiary/aromatic N) is 1. The Balaban J connectivity index is 1.84.